The summed E-state index contributed by atoms with van der Waals surface area (Å²) in [6.07, 6.45) is 0.273. The Hall–Kier alpha value is -3.13. The first-order chi connectivity index (χ1) is 10.8. The molecule has 2 aromatic carbocycles. The second-order valence-corrected chi connectivity index (χ2v) is 4.59. The second-order valence-electron chi connectivity index (χ2n) is 4.59. The predicted molar refractivity (Wildman–Crippen MR) is 82.2 cm³/mol. The van der Waals surface area contributed by atoms with Crippen LogP contribution in [0.3, 0.4) is 0 Å². The number of hydrogen-bond acceptors (Lipinski definition) is 6. The number of nitrogens with two attached hydrogens (primary N) is 1. The molecule has 23 heavy (non-hydrogen) atoms. The lowest BCUT2D eigenvalue weighted by Gasteiger charge is -2.05. The summed E-state index contributed by atoms with van der Waals surface area (Å²) >= 11 is 0. The maximum Gasteiger partial charge on any atom is 0.320 e. The first-order valence-corrected chi connectivity index (χ1v) is 6.49. The molecule has 0 aliphatic rings. The van der Waals surface area contributed by atoms with E-state index in [1.807, 2.05) is 0 Å². The van der Waals surface area contributed by atoms with Gasteiger partial charge in [0.25, 0.3) is 5.69 Å². The Balaban J connectivity index is 0.000000238. The van der Waals surface area contributed by atoms with E-state index in [0.717, 1.165) is 5.56 Å². The van der Waals surface area contributed by atoms with Crippen molar-refractivity contribution in [1.82, 2.24) is 0 Å². The zero-order valence-electron chi connectivity index (χ0n) is 12.0. The van der Waals surface area contributed by atoms with Crippen LogP contribution < -0.4 is 5.73 Å². The number of phenols is 2. The number of carboxylic acid groups (broad SMARTS) is 1. The van der Waals surface area contributed by atoms with Gasteiger partial charge in [-0.1, -0.05) is 12.1 Å². The molecule has 8 heteroatoms. The minimum Gasteiger partial charge on any atom is -0.508 e. The first-order valence-electron chi connectivity index (χ1n) is 6.49. The lowest BCUT2D eigenvalue weighted by atomic mass is 10.1. The van der Waals surface area contributed by atoms with Gasteiger partial charge in [-0.2, -0.15) is 0 Å². The maximum absolute atomic E-state index is 10.4. The molecule has 0 heterocycles. The summed E-state index contributed by atoms with van der Waals surface area (Å²) in [5.74, 6) is -0.827. The van der Waals surface area contributed by atoms with Crippen molar-refractivity contribution in [3.05, 3.63) is 64.2 Å². The summed E-state index contributed by atoms with van der Waals surface area (Å²) in [4.78, 5) is 19.9. The molecule has 5 N–H and O–H groups in total. The SMILES string of the molecule is N[C@@H](Cc1ccc(O)cc1)C(=O)O.O=[N+]([O-])c1ccc(O)cc1. The largest absolute Gasteiger partial charge is 0.508 e. The summed E-state index contributed by atoms with van der Waals surface area (Å²) in [6.45, 7) is 0. The molecule has 0 fully saturated rings. The standard InChI is InChI=1S/C9H11NO3.C6H5NO3/c10-8(9(12)13)5-6-1-3-7(11)4-2-6;8-6-3-1-5(2-4-6)7(9)10/h1-4,8,11H,5,10H2,(H,12,13);1-4,8H/t8-;/m0./s1. The van der Waals surface area contributed by atoms with Crippen molar-refractivity contribution in [2.75, 3.05) is 0 Å². The molecule has 2 rings (SSSR count). The van der Waals surface area contributed by atoms with Crippen LogP contribution in [-0.4, -0.2) is 32.3 Å². The van der Waals surface area contributed by atoms with Gasteiger partial charge in [0, 0.05) is 12.1 Å². The number of nitro groups is 1. The van der Waals surface area contributed by atoms with Gasteiger partial charge in [0.1, 0.15) is 17.5 Å². The fourth-order valence-electron chi connectivity index (χ4n) is 1.55. The highest BCUT2D eigenvalue weighted by Crippen LogP contribution is 2.15. The zero-order valence-corrected chi connectivity index (χ0v) is 12.0. The minimum absolute atomic E-state index is 0.0159. The Morgan fingerprint density at radius 1 is 1.04 bits per heavy atom. The van der Waals surface area contributed by atoms with E-state index in [9.17, 15) is 14.9 Å². The van der Waals surface area contributed by atoms with Crippen LogP contribution in [-0.2, 0) is 11.2 Å². The first kappa shape index (κ1) is 17.9. The molecule has 122 valence electrons. The number of non-ortho nitro benzene ring substituents is 1. The van der Waals surface area contributed by atoms with Crippen LogP contribution in [0.1, 0.15) is 5.56 Å². The van der Waals surface area contributed by atoms with Gasteiger partial charge >= 0.3 is 5.97 Å². The molecule has 0 aliphatic carbocycles. The molecule has 1 atom stereocenters. The number of nitrogens with zero attached hydrogens (tertiary/aromatic N) is 1. The van der Waals surface area contributed by atoms with Crippen LogP contribution >= 0.6 is 0 Å². The molecule has 0 spiro atoms. The third-order valence-corrected chi connectivity index (χ3v) is 2.77. The third-order valence-electron chi connectivity index (χ3n) is 2.77. The van der Waals surface area contributed by atoms with Gasteiger partial charge < -0.3 is 21.1 Å². The summed E-state index contributed by atoms with van der Waals surface area (Å²) in [5, 5.41) is 36.2. The molecule has 0 saturated carbocycles. The number of rotatable bonds is 4. The van der Waals surface area contributed by atoms with Crippen molar-refractivity contribution in [1.29, 1.82) is 0 Å². The molecule has 0 amide bonds. The van der Waals surface area contributed by atoms with E-state index in [4.69, 9.17) is 21.1 Å². The van der Waals surface area contributed by atoms with Gasteiger partial charge in [-0.05, 0) is 36.2 Å². The number of phenolic OH excluding ortho intramolecular Hbond substituents is 2. The second kappa shape index (κ2) is 8.35. The predicted octanol–water partition coefficient (Wildman–Crippen LogP) is 1.65. The quantitative estimate of drug-likeness (QED) is 0.494. The molecule has 0 aromatic heterocycles. The maximum atomic E-state index is 10.4. The van der Waals surface area contributed by atoms with Gasteiger partial charge in [0.15, 0.2) is 0 Å². The van der Waals surface area contributed by atoms with Crippen LogP contribution in [0, 0.1) is 10.1 Å². The molecular formula is C15H16N2O6. The summed E-state index contributed by atoms with van der Waals surface area (Å²) in [5.41, 5.74) is 6.11. The summed E-state index contributed by atoms with van der Waals surface area (Å²) in [6, 6.07) is 10.5. The average molecular weight is 320 g/mol. The highest BCUT2D eigenvalue weighted by molar-refractivity contribution is 5.73. The molecule has 2 aromatic rings. The Morgan fingerprint density at radius 2 is 1.48 bits per heavy atom. The highest BCUT2D eigenvalue weighted by atomic mass is 16.6. The van der Waals surface area contributed by atoms with E-state index in [1.165, 1.54) is 36.4 Å². The fraction of sp³-hybridized carbons (Fsp3) is 0.133. The van der Waals surface area contributed by atoms with Crippen molar-refractivity contribution in [3.63, 3.8) is 0 Å². The Morgan fingerprint density at radius 3 is 1.87 bits per heavy atom. The Kier molecular flexibility index (Phi) is 6.50. The van der Waals surface area contributed by atoms with Gasteiger partial charge in [-0.15, -0.1) is 0 Å². The van der Waals surface area contributed by atoms with Gasteiger partial charge in [0.05, 0.1) is 4.92 Å². The molecule has 0 saturated heterocycles. The van der Waals surface area contributed by atoms with Crippen molar-refractivity contribution < 1.29 is 25.0 Å². The van der Waals surface area contributed by atoms with Crippen LogP contribution in [0.15, 0.2) is 48.5 Å². The van der Waals surface area contributed by atoms with Gasteiger partial charge in [-0.25, -0.2) is 0 Å². The molecular weight excluding hydrogens is 304 g/mol. The van der Waals surface area contributed by atoms with E-state index in [1.54, 1.807) is 12.1 Å². The van der Waals surface area contributed by atoms with Crippen molar-refractivity contribution >= 4 is 11.7 Å². The molecule has 0 unspecified atom stereocenters. The summed E-state index contributed by atoms with van der Waals surface area (Å²) in [7, 11) is 0. The van der Waals surface area contributed by atoms with Crippen LogP contribution in [0.5, 0.6) is 11.5 Å². The Labute approximate surface area is 131 Å². The molecule has 0 aliphatic heterocycles. The van der Waals surface area contributed by atoms with E-state index >= 15 is 0 Å². The monoisotopic (exact) mass is 320 g/mol. The smallest absolute Gasteiger partial charge is 0.320 e. The lowest BCUT2D eigenvalue weighted by molar-refractivity contribution is -0.384. The number of benzene rings is 2. The minimum atomic E-state index is -1.02. The number of carboxylic acids is 1. The van der Waals surface area contributed by atoms with Crippen molar-refractivity contribution in [2.45, 2.75) is 12.5 Å². The molecule has 0 bridgehead atoms. The number of aromatic hydroxyl groups is 2. The van der Waals surface area contributed by atoms with Crippen molar-refractivity contribution in [3.8, 4) is 11.5 Å². The highest BCUT2D eigenvalue weighted by Gasteiger charge is 2.11. The molecule has 8 nitrogen and oxygen atoms in total. The van der Waals surface area contributed by atoms with Gasteiger partial charge in [-0.3, -0.25) is 14.9 Å². The van der Waals surface area contributed by atoms with Crippen LogP contribution in [0.2, 0.25) is 0 Å². The number of aliphatic carboxylic acids is 1. The van der Waals surface area contributed by atoms with E-state index in [0.29, 0.717) is 0 Å². The topological polar surface area (TPSA) is 147 Å². The normalized spacial score (nSPS) is 11.0. The number of hydrogen-bond donors (Lipinski definition) is 4. The van der Waals surface area contributed by atoms with Crippen molar-refractivity contribution in [2.24, 2.45) is 5.73 Å². The molecule has 0 radical (unpaired) electrons. The van der Waals surface area contributed by atoms with Gasteiger partial charge in [0.2, 0.25) is 0 Å². The lowest BCUT2D eigenvalue weighted by Crippen LogP contribution is -2.32. The Bertz CT molecular complexity index is 655. The summed E-state index contributed by atoms with van der Waals surface area (Å²) < 4.78 is 0. The van der Waals surface area contributed by atoms with E-state index in [2.05, 4.69) is 0 Å². The average Bonchev–Trinajstić information content (AvgIpc) is 2.50. The number of carbonyl (C=O) groups is 1. The zero-order chi connectivity index (χ0) is 17.4. The van der Waals surface area contributed by atoms with E-state index < -0.39 is 16.9 Å². The fourth-order valence-corrected chi connectivity index (χ4v) is 1.55. The number of nitro benzene ring substituents is 1. The van der Waals surface area contributed by atoms with Crippen LogP contribution in [0.25, 0.3) is 0 Å². The third kappa shape index (κ3) is 6.44. The van der Waals surface area contributed by atoms with E-state index in [-0.39, 0.29) is 23.6 Å². The van der Waals surface area contributed by atoms with Crippen LogP contribution in [0.4, 0.5) is 5.69 Å².